The average Bonchev–Trinajstić information content (AvgIpc) is 2.89. The predicted octanol–water partition coefficient (Wildman–Crippen LogP) is 1.51. The predicted molar refractivity (Wildman–Crippen MR) is 76.9 cm³/mol. The minimum atomic E-state index is 0.539. The number of para-hydroxylation sites is 1. The maximum Gasteiger partial charge on any atom is 0.151 e. The highest BCUT2D eigenvalue weighted by Gasteiger charge is 2.20. The highest BCUT2D eigenvalue weighted by molar-refractivity contribution is 5.37. The summed E-state index contributed by atoms with van der Waals surface area (Å²) < 4.78 is 7.42. The fraction of sp³-hybridized carbons (Fsp3) is 0.467. The Morgan fingerprint density at radius 3 is 3.15 bits per heavy atom. The van der Waals surface area contributed by atoms with Gasteiger partial charge >= 0.3 is 0 Å². The number of aryl methyl sites for hydroxylation is 1. The van der Waals surface area contributed by atoms with E-state index in [0.717, 1.165) is 44.1 Å². The van der Waals surface area contributed by atoms with Crippen molar-refractivity contribution in [2.75, 3.05) is 19.7 Å². The summed E-state index contributed by atoms with van der Waals surface area (Å²) in [5, 5.41) is 7.79. The molecule has 0 fully saturated rings. The molecule has 5 heteroatoms. The quantitative estimate of drug-likeness (QED) is 0.838. The van der Waals surface area contributed by atoms with E-state index in [1.807, 2.05) is 13.1 Å². The smallest absolute Gasteiger partial charge is 0.151 e. The number of aromatic nitrogens is 3. The van der Waals surface area contributed by atoms with E-state index in [4.69, 9.17) is 4.74 Å². The lowest BCUT2D eigenvalue weighted by molar-refractivity contribution is 0.265. The van der Waals surface area contributed by atoms with Crippen molar-refractivity contribution in [2.24, 2.45) is 7.05 Å². The molecule has 1 aromatic carbocycles. The third-order valence-corrected chi connectivity index (χ3v) is 3.65. The van der Waals surface area contributed by atoms with Gasteiger partial charge in [0.05, 0.1) is 6.61 Å². The standard InChI is InChI=1S/C15H20N4O/c1-19-11-17-15(18-19)6-8-16-10-12-7-9-20-14-5-3-2-4-13(12)14/h2-5,11-12,16H,6-10H2,1H3. The Morgan fingerprint density at radius 1 is 1.40 bits per heavy atom. The molecule has 106 valence electrons. The van der Waals surface area contributed by atoms with Gasteiger partial charge in [-0.2, -0.15) is 5.10 Å². The fourth-order valence-electron chi connectivity index (χ4n) is 2.60. The lowest BCUT2D eigenvalue weighted by Gasteiger charge is -2.26. The normalized spacial score (nSPS) is 17.6. The summed E-state index contributed by atoms with van der Waals surface area (Å²) in [6.45, 7) is 2.70. The molecule has 0 saturated heterocycles. The molecule has 0 spiro atoms. The maximum atomic E-state index is 5.68. The highest BCUT2D eigenvalue weighted by atomic mass is 16.5. The molecule has 1 aromatic heterocycles. The van der Waals surface area contributed by atoms with E-state index in [2.05, 4.69) is 33.6 Å². The van der Waals surface area contributed by atoms with Crippen LogP contribution in [0.15, 0.2) is 30.6 Å². The summed E-state index contributed by atoms with van der Waals surface area (Å²) in [6.07, 6.45) is 3.68. The summed E-state index contributed by atoms with van der Waals surface area (Å²) in [5.41, 5.74) is 1.32. The number of hydrogen-bond acceptors (Lipinski definition) is 4. The molecule has 1 aliphatic rings. The largest absolute Gasteiger partial charge is 0.493 e. The Morgan fingerprint density at radius 2 is 2.30 bits per heavy atom. The minimum Gasteiger partial charge on any atom is -0.493 e. The average molecular weight is 272 g/mol. The number of nitrogens with zero attached hydrogens (tertiary/aromatic N) is 3. The summed E-state index contributed by atoms with van der Waals surface area (Å²) in [5.74, 6) is 2.47. The molecule has 2 heterocycles. The van der Waals surface area contributed by atoms with Crippen molar-refractivity contribution >= 4 is 0 Å². The van der Waals surface area contributed by atoms with Gasteiger partial charge in [0.15, 0.2) is 5.82 Å². The van der Waals surface area contributed by atoms with E-state index in [1.54, 1.807) is 11.0 Å². The Balaban J connectivity index is 1.50. The number of rotatable bonds is 5. The third kappa shape index (κ3) is 2.99. The molecule has 3 rings (SSSR count). The van der Waals surface area contributed by atoms with Crippen LogP contribution in [0.2, 0.25) is 0 Å². The van der Waals surface area contributed by atoms with E-state index in [9.17, 15) is 0 Å². The van der Waals surface area contributed by atoms with Crippen LogP contribution in [-0.2, 0) is 13.5 Å². The Kier molecular flexibility index (Phi) is 3.97. The number of benzene rings is 1. The Bertz CT molecular complexity index is 567. The monoisotopic (exact) mass is 272 g/mol. The van der Waals surface area contributed by atoms with E-state index >= 15 is 0 Å². The second kappa shape index (κ2) is 6.05. The Hall–Kier alpha value is -1.88. The number of hydrogen-bond donors (Lipinski definition) is 1. The highest BCUT2D eigenvalue weighted by Crippen LogP contribution is 2.32. The van der Waals surface area contributed by atoms with Crippen LogP contribution >= 0.6 is 0 Å². The first kappa shape index (κ1) is 13.1. The topological polar surface area (TPSA) is 52.0 Å². The summed E-state index contributed by atoms with van der Waals surface area (Å²) in [7, 11) is 1.89. The van der Waals surface area contributed by atoms with Crippen molar-refractivity contribution in [3.8, 4) is 5.75 Å². The van der Waals surface area contributed by atoms with Crippen molar-refractivity contribution in [3.05, 3.63) is 42.0 Å². The maximum absolute atomic E-state index is 5.68. The summed E-state index contributed by atoms with van der Waals surface area (Å²) >= 11 is 0. The van der Waals surface area contributed by atoms with Gasteiger partial charge in [-0.15, -0.1) is 0 Å². The molecule has 1 aliphatic heterocycles. The van der Waals surface area contributed by atoms with Crippen LogP contribution in [0.4, 0.5) is 0 Å². The molecule has 5 nitrogen and oxygen atoms in total. The lowest BCUT2D eigenvalue weighted by Crippen LogP contribution is -2.27. The lowest BCUT2D eigenvalue weighted by atomic mass is 9.93. The molecule has 1 unspecified atom stereocenters. The van der Waals surface area contributed by atoms with Gasteiger partial charge < -0.3 is 10.1 Å². The zero-order chi connectivity index (χ0) is 13.8. The van der Waals surface area contributed by atoms with Gasteiger partial charge in [-0.25, -0.2) is 4.98 Å². The molecule has 1 atom stereocenters. The summed E-state index contributed by atoms with van der Waals surface area (Å²) in [4.78, 5) is 4.23. The molecular weight excluding hydrogens is 252 g/mol. The van der Waals surface area contributed by atoms with Crippen LogP contribution < -0.4 is 10.1 Å². The first-order valence-corrected chi connectivity index (χ1v) is 7.10. The van der Waals surface area contributed by atoms with Crippen molar-refractivity contribution in [1.82, 2.24) is 20.1 Å². The third-order valence-electron chi connectivity index (χ3n) is 3.65. The zero-order valence-corrected chi connectivity index (χ0v) is 11.7. The second-order valence-corrected chi connectivity index (χ2v) is 5.16. The van der Waals surface area contributed by atoms with Crippen molar-refractivity contribution < 1.29 is 4.74 Å². The van der Waals surface area contributed by atoms with Gasteiger partial charge in [0.25, 0.3) is 0 Å². The van der Waals surface area contributed by atoms with E-state index in [0.29, 0.717) is 5.92 Å². The van der Waals surface area contributed by atoms with Crippen molar-refractivity contribution in [1.29, 1.82) is 0 Å². The van der Waals surface area contributed by atoms with Crippen molar-refractivity contribution in [3.63, 3.8) is 0 Å². The van der Waals surface area contributed by atoms with Crippen LogP contribution in [0.1, 0.15) is 23.7 Å². The molecule has 0 aliphatic carbocycles. The molecule has 1 N–H and O–H groups in total. The van der Waals surface area contributed by atoms with Gasteiger partial charge in [-0.05, 0) is 18.1 Å². The van der Waals surface area contributed by atoms with Crippen LogP contribution in [0, 0.1) is 0 Å². The van der Waals surface area contributed by atoms with E-state index < -0.39 is 0 Å². The van der Waals surface area contributed by atoms with Gasteiger partial charge in [-0.3, -0.25) is 4.68 Å². The van der Waals surface area contributed by atoms with Crippen LogP contribution in [0.25, 0.3) is 0 Å². The molecular formula is C15H20N4O. The number of fused-ring (bicyclic) bond motifs is 1. The van der Waals surface area contributed by atoms with Crippen molar-refractivity contribution in [2.45, 2.75) is 18.8 Å². The number of nitrogens with one attached hydrogen (secondary N) is 1. The van der Waals surface area contributed by atoms with E-state index in [-0.39, 0.29) is 0 Å². The Labute approximate surface area is 119 Å². The van der Waals surface area contributed by atoms with Crippen LogP contribution in [0.3, 0.4) is 0 Å². The second-order valence-electron chi connectivity index (χ2n) is 5.16. The van der Waals surface area contributed by atoms with Gasteiger partial charge in [0.2, 0.25) is 0 Å². The molecule has 0 bridgehead atoms. The van der Waals surface area contributed by atoms with Crippen LogP contribution in [0.5, 0.6) is 5.75 Å². The van der Waals surface area contributed by atoms with E-state index in [1.165, 1.54) is 5.56 Å². The first-order valence-electron chi connectivity index (χ1n) is 7.10. The number of ether oxygens (including phenoxy) is 1. The minimum absolute atomic E-state index is 0.539. The fourth-order valence-corrected chi connectivity index (χ4v) is 2.60. The van der Waals surface area contributed by atoms with Crippen LogP contribution in [-0.4, -0.2) is 34.5 Å². The molecule has 20 heavy (non-hydrogen) atoms. The zero-order valence-electron chi connectivity index (χ0n) is 11.7. The molecule has 0 amide bonds. The molecule has 0 saturated carbocycles. The van der Waals surface area contributed by atoms with Gasteiger partial charge in [0, 0.05) is 32.5 Å². The van der Waals surface area contributed by atoms with Gasteiger partial charge in [0.1, 0.15) is 12.1 Å². The SMILES string of the molecule is Cn1cnc(CCNCC2CCOc3ccccc32)n1. The molecule has 2 aromatic rings. The molecule has 0 radical (unpaired) electrons. The first-order chi connectivity index (χ1) is 9.83. The van der Waals surface area contributed by atoms with Gasteiger partial charge in [-0.1, -0.05) is 18.2 Å². The summed E-state index contributed by atoms with van der Waals surface area (Å²) in [6, 6.07) is 8.33.